The summed E-state index contributed by atoms with van der Waals surface area (Å²) in [7, 11) is -4.15. The molecule has 7 nitrogen and oxygen atoms in total. The number of hydrogen-bond acceptors (Lipinski definition) is 5. The van der Waals surface area contributed by atoms with Gasteiger partial charge in [-0.15, -0.1) is 0 Å². The molecule has 0 saturated heterocycles. The Bertz CT molecular complexity index is 1140. The number of nitrogens with one attached hydrogen (secondary N) is 1. The molecule has 1 amide bonds. The van der Waals surface area contributed by atoms with Crippen LogP contribution in [-0.4, -0.2) is 30.7 Å². The number of aromatic nitrogens is 2. The molecule has 2 aromatic carbocycles. The number of hydrogen-bond donors (Lipinski definition) is 1. The molecule has 0 atom stereocenters. The van der Waals surface area contributed by atoms with Crippen LogP contribution in [0.15, 0.2) is 64.1 Å². The van der Waals surface area contributed by atoms with Gasteiger partial charge in [0.1, 0.15) is 10.6 Å². The predicted octanol–water partition coefficient (Wildman–Crippen LogP) is 3.77. The molecule has 30 heavy (non-hydrogen) atoms. The second kappa shape index (κ2) is 9.44. The van der Waals surface area contributed by atoms with Gasteiger partial charge in [0.05, 0.1) is 30.6 Å². The first-order chi connectivity index (χ1) is 14.4. The highest BCUT2D eigenvalue weighted by atomic mass is 79.9. The van der Waals surface area contributed by atoms with Crippen LogP contribution in [0.25, 0.3) is 0 Å². The summed E-state index contributed by atoms with van der Waals surface area (Å²) in [6, 6.07) is 14.3. The Morgan fingerprint density at radius 3 is 2.57 bits per heavy atom. The van der Waals surface area contributed by atoms with E-state index in [1.54, 1.807) is 23.7 Å². The smallest absolute Gasteiger partial charge is 0.268 e. The van der Waals surface area contributed by atoms with E-state index in [0.717, 1.165) is 5.56 Å². The Labute approximate surface area is 184 Å². The van der Waals surface area contributed by atoms with Gasteiger partial charge in [-0.3, -0.25) is 9.48 Å². The minimum atomic E-state index is -4.15. The van der Waals surface area contributed by atoms with Crippen molar-refractivity contribution in [3.8, 4) is 5.75 Å². The molecule has 0 fully saturated rings. The Hall–Kier alpha value is -2.65. The average molecular weight is 492 g/mol. The molecule has 0 saturated carbocycles. The van der Waals surface area contributed by atoms with Crippen molar-refractivity contribution in [3.63, 3.8) is 0 Å². The highest BCUT2D eigenvalue weighted by molar-refractivity contribution is 9.10. The van der Waals surface area contributed by atoms with E-state index >= 15 is 0 Å². The topological polar surface area (TPSA) is 90.3 Å². The van der Waals surface area contributed by atoms with Gasteiger partial charge < -0.3 is 4.74 Å². The van der Waals surface area contributed by atoms with Gasteiger partial charge in [-0.05, 0) is 37.1 Å². The van der Waals surface area contributed by atoms with Gasteiger partial charge in [-0.25, -0.2) is 13.1 Å². The molecular formula is C21H22BrN3O4S. The average Bonchev–Trinajstić information content (AvgIpc) is 3.12. The van der Waals surface area contributed by atoms with Gasteiger partial charge in [0, 0.05) is 4.47 Å². The van der Waals surface area contributed by atoms with Crippen molar-refractivity contribution in [1.29, 1.82) is 0 Å². The maximum Gasteiger partial charge on any atom is 0.268 e. The number of sulfonamides is 1. The fourth-order valence-corrected chi connectivity index (χ4v) is 4.72. The van der Waals surface area contributed by atoms with Crippen molar-refractivity contribution in [3.05, 3.63) is 76.0 Å². The number of carbonyl (C=O) groups excluding carboxylic acids is 1. The SMILES string of the molecule is CCOc1ccc(Br)cc1S(=O)(=O)NC(=O)c1cnn(Cc2ccccc2)c1CC. The van der Waals surface area contributed by atoms with Crippen LogP contribution in [0.3, 0.4) is 0 Å². The Morgan fingerprint density at radius 1 is 1.17 bits per heavy atom. The summed E-state index contributed by atoms with van der Waals surface area (Å²) < 4.78 is 35.6. The first kappa shape index (κ1) is 22.0. The van der Waals surface area contributed by atoms with E-state index < -0.39 is 15.9 Å². The van der Waals surface area contributed by atoms with Crippen molar-refractivity contribution in [1.82, 2.24) is 14.5 Å². The van der Waals surface area contributed by atoms with Crippen LogP contribution in [0, 0.1) is 0 Å². The van der Waals surface area contributed by atoms with Crippen LogP contribution in [0.4, 0.5) is 0 Å². The molecule has 158 valence electrons. The monoisotopic (exact) mass is 491 g/mol. The van der Waals surface area contributed by atoms with Crippen molar-refractivity contribution in [2.75, 3.05) is 6.61 Å². The van der Waals surface area contributed by atoms with E-state index in [2.05, 4.69) is 25.8 Å². The molecule has 1 heterocycles. The quantitative estimate of drug-likeness (QED) is 0.517. The standard InChI is InChI=1S/C21H22BrN3O4S/c1-3-18-17(13-23-25(18)14-15-8-6-5-7-9-15)21(26)24-30(27,28)20-12-16(22)10-11-19(20)29-4-2/h5-13H,3-4,14H2,1-2H3,(H,24,26). The van der Waals surface area contributed by atoms with Gasteiger partial charge in [-0.1, -0.05) is 53.2 Å². The van der Waals surface area contributed by atoms with Gasteiger partial charge in [0.2, 0.25) is 0 Å². The lowest BCUT2D eigenvalue weighted by Crippen LogP contribution is -2.31. The summed E-state index contributed by atoms with van der Waals surface area (Å²) in [5.74, 6) is -0.551. The van der Waals surface area contributed by atoms with Crippen LogP contribution < -0.4 is 9.46 Å². The van der Waals surface area contributed by atoms with E-state index in [1.165, 1.54) is 12.3 Å². The Kier molecular flexibility index (Phi) is 6.94. The zero-order valence-corrected chi connectivity index (χ0v) is 19.0. The third-order valence-electron chi connectivity index (χ3n) is 4.43. The molecule has 0 unspecified atom stereocenters. The summed E-state index contributed by atoms with van der Waals surface area (Å²) in [4.78, 5) is 12.7. The van der Waals surface area contributed by atoms with Crippen LogP contribution in [-0.2, 0) is 23.0 Å². The lowest BCUT2D eigenvalue weighted by Gasteiger charge is -2.13. The molecule has 1 N–H and O–H groups in total. The molecule has 0 radical (unpaired) electrons. The van der Waals surface area contributed by atoms with Crippen LogP contribution >= 0.6 is 15.9 Å². The number of nitrogens with zero attached hydrogens (tertiary/aromatic N) is 2. The molecule has 0 aliphatic heterocycles. The van der Waals surface area contributed by atoms with Crippen molar-refractivity contribution in [2.24, 2.45) is 0 Å². The number of amides is 1. The maximum atomic E-state index is 12.9. The summed E-state index contributed by atoms with van der Waals surface area (Å²) in [6.45, 7) is 4.44. The molecule has 1 aromatic heterocycles. The molecule has 0 aliphatic rings. The van der Waals surface area contributed by atoms with Gasteiger partial charge in [0.15, 0.2) is 0 Å². The number of halogens is 1. The molecule has 0 spiro atoms. The van der Waals surface area contributed by atoms with Gasteiger partial charge in [0.25, 0.3) is 15.9 Å². The van der Waals surface area contributed by atoms with Crippen LogP contribution in [0.1, 0.15) is 35.5 Å². The molecule has 9 heteroatoms. The van der Waals surface area contributed by atoms with Crippen LogP contribution in [0.2, 0.25) is 0 Å². The minimum Gasteiger partial charge on any atom is -0.492 e. The molecular weight excluding hydrogens is 470 g/mol. The lowest BCUT2D eigenvalue weighted by atomic mass is 10.2. The Balaban J connectivity index is 1.88. The van der Waals surface area contributed by atoms with E-state index in [1.807, 2.05) is 37.3 Å². The fraction of sp³-hybridized carbons (Fsp3) is 0.238. The zero-order chi connectivity index (χ0) is 21.7. The third-order valence-corrected chi connectivity index (χ3v) is 6.27. The number of carbonyl (C=O) groups is 1. The molecule has 0 bridgehead atoms. The van der Waals surface area contributed by atoms with E-state index in [-0.39, 0.29) is 16.2 Å². The van der Waals surface area contributed by atoms with Gasteiger partial charge >= 0.3 is 0 Å². The predicted molar refractivity (Wildman–Crippen MR) is 117 cm³/mol. The third kappa shape index (κ3) is 4.91. The summed E-state index contributed by atoms with van der Waals surface area (Å²) in [5, 5.41) is 4.30. The van der Waals surface area contributed by atoms with Crippen molar-refractivity contribution < 1.29 is 17.9 Å². The first-order valence-electron chi connectivity index (χ1n) is 9.43. The highest BCUT2D eigenvalue weighted by Crippen LogP contribution is 2.28. The second-order valence-corrected chi connectivity index (χ2v) is 9.03. The molecule has 3 rings (SSSR count). The Morgan fingerprint density at radius 2 is 1.90 bits per heavy atom. The summed E-state index contributed by atoms with van der Waals surface area (Å²) in [6.07, 6.45) is 1.92. The largest absolute Gasteiger partial charge is 0.492 e. The fourth-order valence-electron chi connectivity index (χ4n) is 3.06. The minimum absolute atomic E-state index is 0.109. The van der Waals surface area contributed by atoms with E-state index in [0.29, 0.717) is 29.7 Å². The number of rotatable bonds is 8. The molecule has 0 aliphatic carbocycles. The normalized spacial score (nSPS) is 11.3. The van der Waals surface area contributed by atoms with Crippen LogP contribution in [0.5, 0.6) is 5.75 Å². The lowest BCUT2D eigenvalue weighted by molar-refractivity contribution is 0.0980. The van der Waals surface area contributed by atoms with E-state index in [9.17, 15) is 13.2 Å². The van der Waals surface area contributed by atoms with Crippen molar-refractivity contribution >= 4 is 31.9 Å². The van der Waals surface area contributed by atoms with E-state index in [4.69, 9.17) is 4.74 Å². The van der Waals surface area contributed by atoms with Crippen molar-refractivity contribution in [2.45, 2.75) is 31.7 Å². The highest BCUT2D eigenvalue weighted by Gasteiger charge is 2.26. The first-order valence-corrected chi connectivity index (χ1v) is 11.7. The number of benzene rings is 2. The summed E-state index contributed by atoms with van der Waals surface area (Å²) >= 11 is 3.26. The summed E-state index contributed by atoms with van der Waals surface area (Å²) in [5.41, 5.74) is 1.92. The second-order valence-electron chi connectivity index (χ2n) is 6.46. The van der Waals surface area contributed by atoms with Gasteiger partial charge in [-0.2, -0.15) is 5.10 Å². The molecule has 3 aromatic rings. The maximum absolute atomic E-state index is 12.9. The number of ether oxygens (including phenoxy) is 1. The zero-order valence-electron chi connectivity index (χ0n) is 16.6.